The molecule has 100 valence electrons. The minimum absolute atomic E-state index is 0.107. The molecule has 1 aromatic rings. The molecule has 6 heteroatoms. The molecule has 18 heavy (non-hydrogen) atoms. The molecule has 0 spiro atoms. The Hall–Kier alpha value is -0.980. The molecule has 5 nitrogen and oxygen atoms in total. The van der Waals surface area contributed by atoms with Gasteiger partial charge in [0, 0.05) is 25.0 Å². The van der Waals surface area contributed by atoms with Crippen molar-refractivity contribution >= 4 is 10.0 Å². The molecule has 0 radical (unpaired) electrons. The Bertz CT molecular complexity index is 475. The molecule has 0 saturated heterocycles. The van der Waals surface area contributed by atoms with Gasteiger partial charge in [0.25, 0.3) is 0 Å². The number of aromatic nitrogens is 1. The first-order valence-corrected chi connectivity index (χ1v) is 7.73. The van der Waals surface area contributed by atoms with Crippen molar-refractivity contribution in [3.8, 4) is 0 Å². The Morgan fingerprint density at radius 3 is 2.83 bits per heavy atom. The van der Waals surface area contributed by atoms with E-state index in [4.69, 9.17) is 5.73 Å². The van der Waals surface area contributed by atoms with Crippen LogP contribution in [0.3, 0.4) is 0 Å². The Kier molecular flexibility index (Phi) is 4.31. The molecule has 2 atom stereocenters. The van der Waals surface area contributed by atoms with Gasteiger partial charge in [-0.05, 0) is 30.9 Å². The predicted molar refractivity (Wildman–Crippen MR) is 69.4 cm³/mol. The van der Waals surface area contributed by atoms with Crippen LogP contribution in [0.4, 0.5) is 0 Å². The highest BCUT2D eigenvalue weighted by atomic mass is 32.2. The highest BCUT2D eigenvalue weighted by Crippen LogP contribution is 2.22. The quantitative estimate of drug-likeness (QED) is 0.849. The van der Waals surface area contributed by atoms with Gasteiger partial charge in [0.1, 0.15) is 4.90 Å². The van der Waals surface area contributed by atoms with Gasteiger partial charge in [-0.1, -0.05) is 12.8 Å². The van der Waals surface area contributed by atoms with E-state index in [0.29, 0.717) is 6.54 Å². The lowest BCUT2D eigenvalue weighted by Crippen LogP contribution is -2.41. The summed E-state index contributed by atoms with van der Waals surface area (Å²) >= 11 is 0. The van der Waals surface area contributed by atoms with Crippen molar-refractivity contribution in [3.63, 3.8) is 0 Å². The van der Waals surface area contributed by atoms with E-state index in [1.165, 1.54) is 12.3 Å². The maximum absolute atomic E-state index is 12.0. The fourth-order valence-corrected chi connectivity index (χ4v) is 3.35. The smallest absolute Gasteiger partial charge is 0.242 e. The molecule has 2 rings (SSSR count). The summed E-state index contributed by atoms with van der Waals surface area (Å²) in [6.07, 6.45) is 7.16. The number of nitrogens with zero attached hydrogens (tertiary/aromatic N) is 1. The molecular formula is C12H19N3O2S. The molecule has 1 saturated carbocycles. The monoisotopic (exact) mass is 269 g/mol. The number of nitrogens with two attached hydrogens (primary N) is 1. The minimum Gasteiger partial charge on any atom is -0.327 e. The lowest BCUT2D eigenvalue weighted by Gasteiger charge is -2.28. The Morgan fingerprint density at radius 1 is 1.39 bits per heavy atom. The van der Waals surface area contributed by atoms with Gasteiger partial charge in [-0.25, -0.2) is 13.1 Å². The van der Waals surface area contributed by atoms with Crippen molar-refractivity contribution in [1.29, 1.82) is 0 Å². The number of hydrogen-bond donors (Lipinski definition) is 2. The highest BCUT2D eigenvalue weighted by Gasteiger charge is 2.24. The van der Waals surface area contributed by atoms with Gasteiger partial charge >= 0.3 is 0 Å². The van der Waals surface area contributed by atoms with Crippen LogP contribution in [0.1, 0.15) is 25.7 Å². The molecular weight excluding hydrogens is 250 g/mol. The molecule has 3 N–H and O–H groups in total. The number of rotatable bonds is 4. The first-order chi connectivity index (χ1) is 8.59. The minimum atomic E-state index is -3.45. The topological polar surface area (TPSA) is 85.1 Å². The van der Waals surface area contributed by atoms with Gasteiger partial charge < -0.3 is 5.73 Å². The summed E-state index contributed by atoms with van der Waals surface area (Å²) in [5.74, 6) is 0.241. The largest absolute Gasteiger partial charge is 0.327 e. The van der Waals surface area contributed by atoms with E-state index in [0.717, 1.165) is 25.7 Å². The molecule has 2 unspecified atom stereocenters. The number of nitrogens with one attached hydrogen (secondary N) is 1. The summed E-state index contributed by atoms with van der Waals surface area (Å²) in [5, 5.41) is 0. The van der Waals surface area contributed by atoms with E-state index in [9.17, 15) is 8.42 Å². The number of sulfonamides is 1. The van der Waals surface area contributed by atoms with Gasteiger partial charge in [-0.15, -0.1) is 0 Å². The molecule has 0 amide bonds. The Morgan fingerprint density at radius 2 is 2.17 bits per heavy atom. The van der Waals surface area contributed by atoms with Crippen molar-refractivity contribution < 1.29 is 8.42 Å². The molecule has 0 bridgehead atoms. The maximum Gasteiger partial charge on any atom is 0.242 e. The van der Waals surface area contributed by atoms with E-state index in [1.807, 2.05) is 0 Å². The summed E-state index contributed by atoms with van der Waals surface area (Å²) in [6.45, 7) is 0.415. The Labute approximate surface area is 108 Å². The third kappa shape index (κ3) is 3.28. The van der Waals surface area contributed by atoms with Crippen LogP contribution in [0.2, 0.25) is 0 Å². The summed E-state index contributed by atoms with van der Waals surface area (Å²) < 4.78 is 26.6. The van der Waals surface area contributed by atoms with E-state index in [2.05, 4.69) is 9.71 Å². The average Bonchev–Trinajstić information content (AvgIpc) is 2.39. The molecule has 1 aliphatic carbocycles. The zero-order valence-electron chi connectivity index (χ0n) is 10.2. The van der Waals surface area contributed by atoms with Crippen LogP contribution in [-0.4, -0.2) is 26.0 Å². The number of pyridine rings is 1. The second-order valence-electron chi connectivity index (χ2n) is 4.75. The van der Waals surface area contributed by atoms with Crippen LogP contribution in [0.25, 0.3) is 0 Å². The average molecular weight is 269 g/mol. The Balaban J connectivity index is 1.97. The number of hydrogen-bond acceptors (Lipinski definition) is 4. The van der Waals surface area contributed by atoms with E-state index in [1.54, 1.807) is 12.3 Å². The van der Waals surface area contributed by atoms with Crippen LogP contribution in [0.5, 0.6) is 0 Å². The summed E-state index contributed by atoms with van der Waals surface area (Å²) in [7, 11) is -3.45. The first-order valence-electron chi connectivity index (χ1n) is 6.25. The van der Waals surface area contributed by atoms with E-state index < -0.39 is 10.0 Å². The van der Waals surface area contributed by atoms with Crippen molar-refractivity contribution in [3.05, 3.63) is 24.5 Å². The standard InChI is InChI=1S/C12H19N3O2S/c13-12-6-2-1-4-10(12)8-15-18(16,17)11-5-3-7-14-9-11/h3,5,7,9-10,12,15H,1-2,4,6,8,13H2. The molecule has 1 heterocycles. The van der Waals surface area contributed by atoms with E-state index in [-0.39, 0.29) is 16.9 Å². The van der Waals surface area contributed by atoms with Crippen LogP contribution in [0.15, 0.2) is 29.4 Å². The second-order valence-corrected chi connectivity index (χ2v) is 6.52. The van der Waals surface area contributed by atoms with Gasteiger partial charge in [-0.2, -0.15) is 0 Å². The lowest BCUT2D eigenvalue weighted by atomic mass is 9.85. The summed E-state index contributed by atoms with van der Waals surface area (Å²) in [5.41, 5.74) is 6.00. The van der Waals surface area contributed by atoms with E-state index >= 15 is 0 Å². The van der Waals surface area contributed by atoms with Gasteiger partial charge in [0.05, 0.1) is 0 Å². The zero-order valence-corrected chi connectivity index (χ0v) is 11.1. The molecule has 0 aliphatic heterocycles. The van der Waals surface area contributed by atoms with Crippen LogP contribution >= 0.6 is 0 Å². The normalized spacial score (nSPS) is 24.9. The third-order valence-electron chi connectivity index (χ3n) is 3.45. The predicted octanol–water partition coefficient (Wildman–Crippen LogP) is 0.877. The molecule has 1 fully saturated rings. The SMILES string of the molecule is NC1CCCCC1CNS(=O)(=O)c1cccnc1. The van der Waals surface area contributed by atoms with Crippen molar-refractivity contribution in [2.45, 2.75) is 36.6 Å². The molecule has 1 aromatic heterocycles. The fourth-order valence-electron chi connectivity index (χ4n) is 2.30. The van der Waals surface area contributed by atoms with Gasteiger partial charge in [0.15, 0.2) is 0 Å². The zero-order chi connectivity index (χ0) is 13.0. The fraction of sp³-hybridized carbons (Fsp3) is 0.583. The molecule has 0 aromatic carbocycles. The van der Waals surface area contributed by atoms with Crippen LogP contribution in [-0.2, 0) is 10.0 Å². The van der Waals surface area contributed by atoms with Crippen LogP contribution < -0.4 is 10.5 Å². The van der Waals surface area contributed by atoms with Crippen molar-refractivity contribution in [1.82, 2.24) is 9.71 Å². The second kappa shape index (κ2) is 5.77. The van der Waals surface area contributed by atoms with Crippen molar-refractivity contribution in [2.24, 2.45) is 11.7 Å². The van der Waals surface area contributed by atoms with Crippen molar-refractivity contribution in [2.75, 3.05) is 6.54 Å². The first kappa shape index (κ1) is 13.5. The van der Waals surface area contributed by atoms with Crippen LogP contribution in [0, 0.1) is 5.92 Å². The van der Waals surface area contributed by atoms with Gasteiger partial charge in [-0.3, -0.25) is 4.98 Å². The third-order valence-corrected chi connectivity index (χ3v) is 4.86. The lowest BCUT2D eigenvalue weighted by molar-refractivity contribution is 0.308. The summed E-state index contributed by atoms with van der Waals surface area (Å²) in [6, 6.07) is 3.26. The molecule has 1 aliphatic rings. The maximum atomic E-state index is 12.0. The van der Waals surface area contributed by atoms with Gasteiger partial charge in [0.2, 0.25) is 10.0 Å². The summed E-state index contributed by atoms with van der Waals surface area (Å²) in [4.78, 5) is 4.02. The highest BCUT2D eigenvalue weighted by molar-refractivity contribution is 7.89.